The van der Waals surface area contributed by atoms with E-state index in [1.165, 1.54) is 11.3 Å². The standard InChI is InChI=1S/C26H12N4OS2/c27-13-15-1-7-19-23(11-15)32-25(29-19)18-5-3-17(4-6-18)21-9-10-22(31-21)26-30-20-8-2-16(14-28)12-24(20)33-26/h1-12H. The molecule has 0 saturated carbocycles. The van der Waals surface area contributed by atoms with Gasteiger partial charge in [0.2, 0.25) is 0 Å². The van der Waals surface area contributed by atoms with Gasteiger partial charge in [0.1, 0.15) is 10.8 Å². The number of fused-ring (bicyclic) bond motifs is 2. The predicted molar refractivity (Wildman–Crippen MR) is 131 cm³/mol. The van der Waals surface area contributed by atoms with E-state index in [0.29, 0.717) is 16.9 Å². The van der Waals surface area contributed by atoms with Crippen LogP contribution >= 0.6 is 22.7 Å². The number of hydrogen-bond donors (Lipinski definition) is 0. The second-order valence-corrected chi connectivity index (χ2v) is 9.43. The first-order valence-corrected chi connectivity index (χ1v) is 11.7. The van der Waals surface area contributed by atoms with Crippen LogP contribution in [0.5, 0.6) is 0 Å². The number of rotatable bonds is 3. The van der Waals surface area contributed by atoms with Gasteiger partial charge < -0.3 is 4.42 Å². The summed E-state index contributed by atoms with van der Waals surface area (Å²) in [6.07, 6.45) is 0. The summed E-state index contributed by atoms with van der Waals surface area (Å²) in [6, 6.07) is 27.3. The topological polar surface area (TPSA) is 86.5 Å². The zero-order valence-corrected chi connectivity index (χ0v) is 18.6. The summed E-state index contributed by atoms with van der Waals surface area (Å²) in [5.41, 5.74) is 4.99. The lowest BCUT2D eigenvalue weighted by Gasteiger charge is -1.99. The molecular formula is C26H12N4OS2. The smallest absolute Gasteiger partial charge is 0.163 e. The molecule has 0 spiro atoms. The summed E-state index contributed by atoms with van der Waals surface area (Å²) >= 11 is 3.08. The van der Waals surface area contributed by atoms with Crippen LogP contribution in [0.2, 0.25) is 0 Å². The molecule has 3 aromatic heterocycles. The number of aromatic nitrogens is 2. The zero-order chi connectivity index (χ0) is 22.4. The van der Waals surface area contributed by atoms with E-state index < -0.39 is 0 Å². The lowest BCUT2D eigenvalue weighted by Crippen LogP contribution is -1.78. The van der Waals surface area contributed by atoms with E-state index in [2.05, 4.69) is 17.1 Å². The number of hydrogen-bond acceptors (Lipinski definition) is 7. The first kappa shape index (κ1) is 19.4. The van der Waals surface area contributed by atoms with Crippen LogP contribution in [-0.2, 0) is 0 Å². The van der Waals surface area contributed by atoms with Gasteiger partial charge >= 0.3 is 0 Å². The van der Waals surface area contributed by atoms with Crippen molar-refractivity contribution in [1.82, 2.24) is 9.97 Å². The fraction of sp³-hybridized carbons (Fsp3) is 0. The van der Waals surface area contributed by atoms with Crippen molar-refractivity contribution in [3.63, 3.8) is 0 Å². The SMILES string of the molecule is N#Cc1ccc2nc(-c3ccc(-c4ccc(-c5nc6ccc(C#N)cc6s5)o4)cc3)sc2c1. The Morgan fingerprint density at radius 3 is 1.79 bits per heavy atom. The van der Waals surface area contributed by atoms with Crippen LogP contribution in [0.15, 0.2) is 77.2 Å². The highest BCUT2D eigenvalue weighted by molar-refractivity contribution is 7.22. The molecule has 6 aromatic rings. The van der Waals surface area contributed by atoms with Gasteiger partial charge in [-0.3, -0.25) is 0 Å². The summed E-state index contributed by atoms with van der Waals surface area (Å²) < 4.78 is 8.06. The summed E-state index contributed by atoms with van der Waals surface area (Å²) in [6.45, 7) is 0. The maximum atomic E-state index is 9.10. The van der Waals surface area contributed by atoms with E-state index in [1.54, 1.807) is 23.5 Å². The fourth-order valence-corrected chi connectivity index (χ4v) is 5.58. The molecule has 0 atom stereocenters. The number of nitriles is 2. The molecule has 0 unspecified atom stereocenters. The Balaban J connectivity index is 1.29. The van der Waals surface area contributed by atoms with Crippen molar-refractivity contribution < 1.29 is 4.42 Å². The van der Waals surface area contributed by atoms with Gasteiger partial charge in [0.25, 0.3) is 0 Å². The molecule has 3 aromatic carbocycles. The molecule has 0 saturated heterocycles. The van der Waals surface area contributed by atoms with Gasteiger partial charge in [-0.2, -0.15) is 10.5 Å². The number of furan rings is 1. The molecule has 0 radical (unpaired) electrons. The van der Waals surface area contributed by atoms with E-state index >= 15 is 0 Å². The minimum absolute atomic E-state index is 0.622. The molecule has 3 heterocycles. The summed E-state index contributed by atoms with van der Waals surface area (Å²) in [5.74, 6) is 1.46. The van der Waals surface area contributed by atoms with Crippen molar-refractivity contribution in [2.24, 2.45) is 0 Å². The molecular weight excluding hydrogens is 448 g/mol. The van der Waals surface area contributed by atoms with Crippen LogP contribution < -0.4 is 0 Å². The maximum absolute atomic E-state index is 9.10. The molecule has 0 amide bonds. The van der Waals surface area contributed by atoms with Crippen LogP contribution in [0.4, 0.5) is 0 Å². The quantitative estimate of drug-likeness (QED) is 0.278. The minimum Gasteiger partial charge on any atom is -0.454 e. The summed E-state index contributed by atoms with van der Waals surface area (Å²) in [4.78, 5) is 9.34. The Hall–Kier alpha value is -4.30. The molecule has 0 fully saturated rings. The molecule has 0 aliphatic rings. The second-order valence-electron chi connectivity index (χ2n) is 7.37. The average molecular weight is 461 g/mol. The van der Waals surface area contributed by atoms with E-state index in [4.69, 9.17) is 19.9 Å². The van der Waals surface area contributed by atoms with E-state index in [9.17, 15) is 0 Å². The maximum Gasteiger partial charge on any atom is 0.163 e. The van der Waals surface area contributed by atoms with Crippen molar-refractivity contribution in [3.8, 4) is 44.8 Å². The van der Waals surface area contributed by atoms with Crippen molar-refractivity contribution in [3.05, 3.63) is 83.9 Å². The third kappa shape index (κ3) is 3.46. The van der Waals surface area contributed by atoms with Crippen molar-refractivity contribution in [2.75, 3.05) is 0 Å². The molecule has 0 N–H and O–H groups in total. The average Bonchev–Trinajstić information content (AvgIpc) is 3.60. The predicted octanol–water partition coefficient (Wildman–Crippen LogP) is 7.24. The Morgan fingerprint density at radius 1 is 0.606 bits per heavy atom. The van der Waals surface area contributed by atoms with Crippen LogP contribution in [0.3, 0.4) is 0 Å². The molecule has 7 heteroatoms. The highest BCUT2D eigenvalue weighted by atomic mass is 32.1. The lowest BCUT2D eigenvalue weighted by molar-refractivity contribution is 0.597. The summed E-state index contributed by atoms with van der Waals surface area (Å²) in [7, 11) is 0. The normalized spacial score (nSPS) is 11.0. The molecule has 154 valence electrons. The largest absolute Gasteiger partial charge is 0.454 e. The molecule has 5 nitrogen and oxygen atoms in total. The van der Waals surface area contributed by atoms with Crippen LogP contribution in [0.25, 0.3) is 53.1 Å². The van der Waals surface area contributed by atoms with E-state index in [1.807, 2.05) is 60.7 Å². The van der Waals surface area contributed by atoms with Gasteiger partial charge in [-0.1, -0.05) is 24.3 Å². The van der Waals surface area contributed by atoms with Gasteiger partial charge in [-0.05, 0) is 48.5 Å². The Morgan fingerprint density at radius 2 is 1.15 bits per heavy atom. The minimum atomic E-state index is 0.622. The first-order chi connectivity index (χ1) is 16.2. The third-order valence-corrected chi connectivity index (χ3v) is 7.37. The fourth-order valence-electron chi connectivity index (χ4n) is 3.60. The molecule has 0 bridgehead atoms. The van der Waals surface area contributed by atoms with Crippen LogP contribution in [-0.4, -0.2) is 9.97 Å². The Labute approximate surface area is 196 Å². The monoisotopic (exact) mass is 460 g/mol. The van der Waals surface area contributed by atoms with Gasteiger partial charge in [0.15, 0.2) is 10.8 Å². The molecule has 0 aliphatic heterocycles. The van der Waals surface area contributed by atoms with Gasteiger partial charge in [-0.25, -0.2) is 9.97 Å². The highest BCUT2D eigenvalue weighted by Gasteiger charge is 2.13. The van der Waals surface area contributed by atoms with Crippen molar-refractivity contribution >= 4 is 43.1 Å². The Kier molecular flexibility index (Phi) is 4.51. The lowest BCUT2D eigenvalue weighted by atomic mass is 10.1. The second kappa shape index (κ2) is 7.68. The Bertz CT molecular complexity index is 1740. The van der Waals surface area contributed by atoms with Gasteiger partial charge in [-0.15, -0.1) is 22.7 Å². The zero-order valence-electron chi connectivity index (χ0n) is 16.9. The molecule has 33 heavy (non-hydrogen) atoms. The van der Waals surface area contributed by atoms with E-state index in [0.717, 1.165) is 47.3 Å². The number of nitrogens with zero attached hydrogens (tertiary/aromatic N) is 4. The van der Waals surface area contributed by atoms with Crippen molar-refractivity contribution in [1.29, 1.82) is 10.5 Å². The molecule has 6 rings (SSSR count). The first-order valence-electron chi connectivity index (χ1n) is 10.0. The number of thiazole rings is 2. The van der Waals surface area contributed by atoms with Gasteiger partial charge in [0, 0.05) is 11.1 Å². The van der Waals surface area contributed by atoms with Crippen LogP contribution in [0, 0.1) is 22.7 Å². The number of benzene rings is 3. The van der Waals surface area contributed by atoms with Crippen LogP contribution in [0.1, 0.15) is 11.1 Å². The highest BCUT2D eigenvalue weighted by Crippen LogP contribution is 2.36. The molecule has 0 aliphatic carbocycles. The van der Waals surface area contributed by atoms with E-state index in [-0.39, 0.29) is 0 Å². The van der Waals surface area contributed by atoms with Gasteiger partial charge in [0.05, 0.1) is 43.7 Å². The summed E-state index contributed by atoms with van der Waals surface area (Å²) in [5, 5.41) is 19.9. The third-order valence-electron chi connectivity index (χ3n) is 5.27. The van der Waals surface area contributed by atoms with Crippen molar-refractivity contribution in [2.45, 2.75) is 0 Å².